The van der Waals surface area contributed by atoms with Gasteiger partial charge in [0.25, 0.3) is 0 Å². The van der Waals surface area contributed by atoms with Crippen LogP contribution in [0, 0.1) is 5.82 Å². The standard InChI is InChI=1S/C18H11F7N4O/c19-11-3-1-10(2-4-11)7-30-14(12-5-26-8-28-15(12)17(20,21)22)13-6-27-9-29-16(13)18(23,24)25/h1-6,8-9,14H,7H2. The van der Waals surface area contributed by atoms with Crippen molar-refractivity contribution in [2.24, 2.45) is 0 Å². The molecule has 3 rings (SSSR count). The van der Waals surface area contributed by atoms with E-state index in [0.717, 1.165) is 24.5 Å². The van der Waals surface area contributed by atoms with E-state index in [1.807, 2.05) is 0 Å². The van der Waals surface area contributed by atoms with Gasteiger partial charge in [-0.15, -0.1) is 0 Å². The van der Waals surface area contributed by atoms with Crippen LogP contribution in [0.1, 0.15) is 34.2 Å². The smallest absolute Gasteiger partial charge is 0.364 e. The average molecular weight is 432 g/mol. The van der Waals surface area contributed by atoms with Crippen molar-refractivity contribution in [3.05, 3.63) is 83.2 Å². The van der Waals surface area contributed by atoms with E-state index in [1.165, 1.54) is 12.1 Å². The largest absolute Gasteiger partial charge is 0.433 e. The average Bonchev–Trinajstić information content (AvgIpc) is 2.69. The molecule has 0 saturated heterocycles. The van der Waals surface area contributed by atoms with E-state index in [0.29, 0.717) is 18.2 Å². The first-order chi connectivity index (χ1) is 14.1. The van der Waals surface area contributed by atoms with Gasteiger partial charge in [0.05, 0.1) is 6.61 Å². The summed E-state index contributed by atoms with van der Waals surface area (Å²) in [5.74, 6) is -0.568. The van der Waals surface area contributed by atoms with E-state index in [9.17, 15) is 30.7 Å². The molecule has 30 heavy (non-hydrogen) atoms. The van der Waals surface area contributed by atoms with E-state index in [1.54, 1.807) is 0 Å². The first kappa shape index (κ1) is 21.6. The molecule has 0 amide bonds. The zero-order valence-electron chi connectivity index (χ0n) is 14.7. The molecule has 3 aromatic rings. The highest BCUT2D eigenvalue weighted by atomic mass is 19.4. The fourth-order valence-electron chi connectivity index (χ4n) is 2.65. The highest BCUT2D eigenvalue weighted by molar-refractivity contribution is 5.34. The van der Waals surface area contributed by atoms with Gasteiger partial charge in [0.15, 0.2) is 11.4 Å². The summed E-state index contributed by atoms with van der Waals surface area (Å²) in [5, 5.41) is 0. The lowest BCUT2D eigenvalue weighted by Crippen LogP contribution is -2.21. The second-order valence-corrected chi connectivity index (χ2v) is 5.97. The molecular formula is C18H11F7N4O. The molecule has 2 aromatic heterocycles. The number of hydrogen-bond donors (Lipinski definition) is 0. The van der Waals surface area contributed by atoms with Crippen molar-refractivity contribution in [1.82, 2.24) is 19.9 Å². The molecule has 0 radical (unpaired) electrons. The van der Waals surface area contributed by atoms with Crippen molar-refractivity contribution in [3.8, 4) is 0 Å². The number of nitrogens with zero attached hydrogens (tertiary/aromatic N) is 4. The van der Waals surface area contributed by atoms with Crippen molar-refractivity contribution >= 4 is 0 Å². The number of benzene rings is 1. The van der Waals surface area contributed by atoms with Gasteiger partial charge < -0.3 is 4.74 Å². The fraction of sp³-hybridized carbons (Fsp3) is 0.222. The molecule has 0 unspecified atom stereocenters. The van der Waals surface area contributed by atoms with Gasteiger partial charge in [-0.25, -0.2) is 24.3 Å². The van der Waals surface area contributed by atoms with Gasteiger partial charge in [0.2, 0.25) is 0 Å². The third-order valence-corrected chi connectivity index (χ3v) is 3.91. The van der Waals surface area contributed by atoms with Crippen molar-refractivity contribution in [1.29, 1.82) is 0 Å². The predicted octanol–water partition coefficient (Wildman–Crippen LogP) is 4.75. The summed E-state index contributed by atoms with van der Waals surface area (Å²) < 4.78 is 99.0. The number of alkyl halides is 6. The summed E-state index contributed by atoms with van der Waals surface area (Å²) in [4.78, 5) is 13.3. The Labute approximate surface area is 164 Å². The molecule has 0 spiro atoms. The number of ether oxygens (including phenoxy) is 1. The van der Waals surface area contributed by atoms with Gasteiger partial charge in [0.1, 0.15) is 24.6 Å². The Morgan fingerprint density at radius 3 is 1.67 bits per heavy atom. The third-order valence-electron chi connectivity index (χ3n) is 3.91. The minimum Gasteiger partial charge on any atom is -0.364 e. The SMILES string of the molecule is Fc1ccc(COC(c2cncnc2C(F)(F)F)c2cncnc2C(F)(F)F)cc1. The van der Waals surface area contributed by atoms with Crippen LogP contribution in [0.4, 0.5) is 30.7 Å². The van der Waals surface area contributed by atoms with E-state index in [-0.39, 0.29) is 0 Å². The second kappa shape index (κ2) is 8.30. The summed E-state index contributed by atoms with van der Waals surface area (Å²) in [5.41, 5.74) is -4.09. The minimum absolute atomic E-state index is 0.317. The maximum Gasteiger partial charge on any atom is 0.433 e. The van der Waals surface area contributed by atoms with Crippen LogP contribution in [0.2, 0.25) is 0 Å². The molecule has 1 aromatic carbocycles. The molecule has 2 heterocycles. The van der Waals surface area contributed by atoms with Gasteiger partial charge in [-0.1, -0.05) is 12.1 Å². The van der Waals surface area contributed by atoms with Gasteiger partial charge in [0, 0.05) is 23.5 Å². The van der Waals surface area contributed by atoms with Gasteiger partial charge in [-0.3, -0.25) is 0 Å². The Morgan fingerprint density at radius 2 is 1.23 bits per heavy atom. The van der Waals surface area contributed by atoms with Crippen molar-refractivity contribution in [2.45, 2.75) is 25.1 Å². The first-order valence-electron chi connectivity index (χ1n) is 8.17. The second-order valence-electron chi connectivity index (χ2n) is 5.97. The number of hydrogen-bond acceptors (Lipinski definition) is 5. The lowest BCUT2D eigenvalue weighted by molar-refractivity contribution is -0.144. The fourth-order valence-corrected chi connectivity index (χ4v) is 2.65. The van der Waals surface area contributed by atoms with Gasteiger partial charge in [-0.2, -0.15) is 26.3 Å². The van der Waals surface area contributed by atoms with Crippen molar-refractivity contribution < 1.29 is 35.5 Å². The lowest BCUT2D eigenvalue weighted by atomic mass is 10.00. The summed E-state index contributed by atoms with van der Waals surface area (Å²) in [6.07, 6.45) is -9.18. The summed E-state index contributed by atoms with van der Waals surface area (Å²) in [6.45, 7) is -0.427. The molecule has 0 atom stereocenters. The van der Waals surface area contributed by atoms with Crippen molar-refractivity contribution in [2.75, 3.05) is 0 Å². The maximum absolute atomic E-state index is 13.4. The quantitative estimate of drug-likeness (QED) is 0.545. The topological polar surface area (TPSA) is 60.8 Å². The molecule has 0 bridgehead atoms. The van der Waals surface area contributed by atoms with Crippen LogP contribution >= 0.6 is 0 Å². The Bertz CT molecular complexity index is 949. The zero-order valence-corrected chi connectivity index (χ0v) is 14.7. The molecule has 0 N–H and O–H groups in total. The van der Waals surface area contributed by atoms with Crippen LogP contribution in [0.25, 0.3) is 0 Å². The molecule has 0 aliphatic heterocycles. The minimum atomic E-state index is -4.98. The van der Waals surface area contributed by atoms with Crippen LogP contribution in [-0.2, 0) is 23.7 Å². The van der Waals surface area contributed by atoms with E-state index in [2.05, 4.69) is 19.9 Å². The van der Waals surface area contributed by atoms with Gasteiger partial charge >= 0.3 is 12.4 Å². The van der Waals surface area contributed by atoms with Crippen LogP contribution in [-0.4, -0.2) is 19.9 Å². The Kier molecular flexibility index (Phi) is 5.97. The predicted molar refractivity (Wildman–Crippen MR) is 87.1 cm³/mol. The third kappa shape index (κ3) is 4.87. The number of halogens is 7. The molecular weight excluding hydrogens is 421 g/mol. The molecule has 0 fully saturated rings. The number of aromatic nitrogens is 4. The molecule has 0 aliphatic carbocycles. The van der Waals surface area contributed by atoms with Gasteiger partial charge in [-0.05, 0) is 17.7 Å². The van der Waals surface area contributed by atoms with E-state index < -0.39 is 53.4 Å². The lowest BCUT2D eigenvalue weighted by Gasteiger charge is -2.23. The molecule has 0 saturated carbocycles. The normalized spacial score (nSPS) is 12.4. The highest BCUT2D eigenvalue weighted by Crippen LogP contribution is 2.40. The molecule has 5 nitrogen and oxygen atoms in total. The molecule has 12 heteroatoms. The molecule has 0 aliphatic rings. The maximum atomic E-state index is 13.4. The monoisotopic (exact) mass is 432 g/mol. The number of rotatable bonds is 5. The summed E-state index contributed by atoms with van der Waals surface area (Å²) in [7, 11) is 0. The van der Waals surface area contributed by atoms with Crippen LogP contribution < -0.4 is 0 Å². The Hall–Kier alpha value is -3.15. The summed E-state index contributed by atoms with van der Waals surface area (Å²) in [6, 6.07) is 4.72. The van der Waals surface area contributed by atoms with Crippen LogP contribution in [0.3, 0.4) is 0 Å². The highest BCUT2D eigenvalue weighted by Gasteiger charge is 2.42. The Balaban J connectivity index is 2.10. The van der Waals surface area contributed by atoms with E-state index in [4.69, 9.17) is 4.74 Å². The van der Waals surface area contributed by atoms with Crippen LogP contribution in [0.15, 0.2) is 49.3 Å². The molecule has 158 valence electrons. The Morgan fingerprint density at radius 1 is 0.767 bits per heavy atom. The van der Waals surface area contributed by atoms with Crippen molar-refractivity contribution in [3.63, 3.8) is 0 Å². The van der Waals surface area contributed by atoms with E-state index >= 15 is 0 Å². The van der Waals surface area contributed by atoms with Crippen LogP contribution in [0.5, 0.6) is 0 Å². The summed E-state index contributed by atoms with van der Waals surface area (Å²) >= 11 is 0. The zero-order chi connectivity index (χ0) is 21.9. The first-order valence-corrected chi connectivity index (χ1v) is 8.17.